The van der Waals surface area contributed by atoms with Crippen LogP contribution >= 0.6 is 11.6 Å². The number of aryl methyl sites for hydroxylation is 2. The van der Waals surface area contributed by atoms with Gasteiger partial charge in [0.05, 0.1) is 12.6 Å². The number of amides is 1. The number of aromatic nitrogens is 1. The van der Waals surface area contributed by atoms with Crippen LogP contribution in [0, 0.1) is 13.8 Å². The quantitative estimate of drug-likeness (QED) is 0.424. The Labute approximate surface area is 211 Å². The molecule has 0 aliphatic heterocycles. The number of hydrogen-bond acceptors (Lipinski definition) is 4. The molecule has 35 heavy (non-hydrogen) atoms. The van der Waals surface area contributed by atoms with Crippen LogP contribution in [0.4, 0.5) is 4.79 Å². The molecule has 2 unspecified atom stereocenters. The van der Waals surface area contributed by atoms with E-state index in [-0.39, 0.29) is 28.6 Å². The van der Waals surface area contributed by atoms with E-state index < -0.39 is 5.60 Å². The van der Waals surface area contributed by atoms with Gasteiger partial charge in [-0.1, -0.05) is 42.3 Å². The second kappa shape index (κ2) is 9.57. The lowest BCUT2D eigenvalue weighted by Crippen LogP contribution is -2.40. The molecule has 7 heteroatoms. The minimum atomic E-state index is -0.527. The van der Waals surface area contributed by atoms with Crippen molar-refractivity contribution in [1.29, 1.82) is 0 Å². The summed E-state index contributed by atoms with van der Waals surface area (Å²) in [4.78, 5) is 27.6. The summed E-state index contributed by atoms with van der Waals surface area (Å²) in [7, 11) is 1.65. The van der Waals surface area contributed by atoms with Crippen molar-refractivity contribution in [2.45, 2.75) is 71.4 Å². The van der Waals surface area contributed by atoms with Crippen molar-refractivity contribution in [3.05, 3.63) is 62.4 Å². The normalized spacial score (nSPS) is 18.0. The highest BCUT2D eigenvalue weighted by Crippen LogP contribution is 2.42. The molecule has 1 aliphatic carbocycles. The highest BCUT2D eigenvalue weighted by atomic mass is 35.5. The van der Waals surface area contributed by atoms with Crippen LogP contribution in [0.1, 0.15) is 62.6 Å². The van der Waals surface area contributed by atoms with Gasteiger partial charge in [0, 0.05) is 22.9 Å². The zero-order chi connectivity index (χ0) is 25.5. The molecule has 1 aromatic heterocycles. The number of H-pyrrole nitrogens is 1. The lowest BCUT2D eigenvalue weighted by molar-refractivity contribution is 0.0501. The number of benzene rings is 2. The summed E-state index contributed by atoms with van der Waals surface area (Å²) < 4.78 is 11.2. The number of carbonyl (C=O) groups is 1. The lowest BCUT2D eigenvalue weighted by atomic mass is 9.90. The number of hydrogen-bond donors (Lipinski definition) is 2. The zero-order valence-corrected chi connectivity index (χ0v) is 21.9. The molecule has 2 atom stereocenters. The second-order valence-corrected chi connectivity index (χ2v) is 10.7. The fourth-order valence-electron chi connectivity index (χ4n) is 5.11. The smallest absolute Gasteiger partial charge is 0.407 e. The third kappa shape index (κ3) is 5.03. The highest BCUT2D eigenvalue weighted by molar-refractivity contribution is 6.32. The maximum atomic E-state index is 12.4. The molecule has 1 saturated carbocycles. The fraction of sp³-hybridized carbons (Fsp3) is 0.429. The van der Waals surface area contributed by atoms with Crippen molar-refractivity contribution in [3.63, 3.8) is 0 Å². The Morgan fingerprint density at radius 3 is 2.46 bits per heavy atom. The van der Waals surface area contributed by atoms with E-state index in [9.17, 15) is 9.59 Å². The Balaban J connectivity index is 1.71. The van der Waals surface area contributed by atoms with E-state index in [1.54, 1.807) is 7.11 Å². The van der Waals surface area contributed by atoms with Crippen LogP contribution in [0.3, 0.4) is 0 Å². The molecule has 186 valence electrons. The fourth-order valence-corrected chi connectivity index (χ4v) is 5.25. The average Bonchev–Trinajstić information content (AvgIpc) is 3.24. The average molecular weight is 497 g/mol. The molecule has 0 bridgehead atoms. The standard InChI is InChI=1S/C28H33ClN2O4/c1-15-14-21(34-6)23(22-16(2)24(29)26(32)31-25(15)22)18-12-10-17(11-13-18)19-8-7-9-20(19)30-27(33)35-28(3,4)5/h10-14,19-20H,7-9H2,1-6H3,(H,30,33)(H,31,32). The zero-order valence-electron chi connectivity index (χ0n) is 21.2. The van der Waals surface area contributed by atoms with Crippen LogP contribution in [-0.2, 0) is 4.74 Å². The summed E-state index contributed by atoms with van der Waals surface area (Å²) in [6.07, 6.45) is 2.61. The van der Waals surface area contributed by atoms with Gasteiger partial charge in [0.25, 0.3) is 5.56 Å². The van der Waals surface area contributed by atoms with Crippen molar-refractivity contribution in [2.24, 2.45) is 0 Å². The molecule has 1 aliphatic rings. The van der Waals surface area contributed by atoms with Crippen LogP contribution in [0.2, 0.25) is 5.02 Å². The monoisotopic (exact) mass is 496 g/mol. The van der Waals surface area contributed by atoms with Gasteiger partial charge in [0.1, 0.15) is 16.4 Å². The summed E-state index contributed by atoms with van der Waals surface area (Å²) in [6.45, 7) is 9.40. The Bertz CT molecular complexity index is 1320. The number of halogens is 1. The largest absolute Gasteiger partial charge is 0.496 e. The van der Waals surface area contributed by atoms with Crippen molar-refractivity contribution in [3.8, 4) is 16.9 Å². The van der Waals surface area contributed by atoms with E-state index in [2.05, 4.69) is 34.6 Å². The lowest BCUT2D eigenvalue weighted by Gasteiger charge is -2.25. The number of pyridine rings is 1. The first-order chi connectivity index (χ1) is 16.5. The first-order valence-electron chi connectivity index (χ1n) is 12.0. The number of ether oxygens (including phenoxy) is 2. The number of alkyl carbamates (subject to hydrolysis) is 1. The van der Waals surface area contributed by atoms with E-state index in [0.717, 1.165) is 58.2 Å². The second-order valence-electron chi connectivity index (χ2n) is 10.3. The van der Waals surface area contributed by atoms with Gasteiger partial charge < -0.3 is 19.8 Å². The summed E-state index contributed by atoms with van der Waals surface area (Å²) in [5.41, 5.74) is 4.61. The maximum Gasteiger partial charge on any atom is 0.407 e. The van der Waals surface area contributed by atoms with Crippen LogP contribution in [0.5, 0.6) is 5.75 Å². The molecule has 1 fully saturated rings. The van der Waals surface area contributed by atoms with Gasteiger partial charge in [-0.05, 0) is 75.8 Å². The minimum Gasteiger partial charge on any atom is -0.496 e. The number of methoxy groups -OCH3 is 1. The molecule has 2 aromatic carbocycles. The molecule has 0 spiro atoms. The van der Waals surface area contributed by atoms with E-state index in [1.165, 1.54) is 5.56 Å². The van der Waals surface area contributed by atoms with Gasteiger partial charge in [0.15, 0.2) is 0 Å². The predicted molar refractivity (Wildman–Crippen MR) is 141 cm³/mol. The van der Waals surface area contributed by atoms with E-state index in [4.69, 9.17) is 21.1 Å². The molecule has 1 heterocycles. The Morgan fingerprint density at radius 1 is 1.14 bits per heavy atom. The van der Waals surface area contributed by atoms with E-state index in [1.807, 2.05) is 40.7 Å². The van der Waals surface area contributed by atoms with Crippen LogP contribution in [0.15, 0.2) is 35.1 Å². The van der Waals surface area contributed by atoms with Gasteiger partial charge in [-0.2, -0.15) is 0 Å². The van der Waals surface area contributed by atoms with Gasteiger partial charge in [-0.25, -0.2) is 4.79 Å². The van der Waals surface area contributed by atoms with Crippen LogP contribution < -0.4 is 15.6 Å². The summed E-state index contributed by atoms with van der Waals surface area (Å²) in [5.74, 6) is 0.945. The van der Waals surface area contributed by atoms with Gasteiger partial charge >= 0.3 is 6.09 Å². The number of rotatable bonds is 4. The summed E-state index contributed by atoms with van der Waals surface area (Å²) in [6, 6.07) is 10.3. The van der Waals surface area contributed by atoms with Crippen molar-refractivity contribution >= 4 is 28.6 Å². The summed E-state index contributed by atoms with van der Waals surface area (Å²) in [5, 5.41) is 4.13. The maximum absolute atomic E-state index is 12.4. The molecule has 0 radical (unpaired) electrons. The summed E-state index contributed by atoms with van der Waals surface area (Å²) >= 11 is 6.34. The van der Waals surface area contributed by atoms with Gasteiger partial charge in [-0.3, -0.25) is 4.79 Å². The SMILES string of the molecule is COc1cc(C)c2[nH]c(=O)c(Cl)c(C)c2c1-c1ccc(C2CCCC2NC(=O)OC(C)(C)C)cc1. The molecular formula is C28H33ClN2O4. The molecule has 2 N–H and O–H groups in total. The molecule has 1 amide bonds. The van der Waals surface area contributed by atoms with Crippen molar-refractivity contribution in [1.82, 2.24) is 10.3 Å². The third-order valence-corrected chi connectivity index (χ3v) is 7.15. The minimum absolute atomic E-state index is 0.0385. The van der Waals surface area contributed by atoms with Gasteiger partial charge in [0.2, 0.25) is 0 Å². The molecule has 3 aromatic rings. The van der Waals surface area contributed by atoms with Gasteiger partial charge in [-0.15, -0.1) is 0 Å². The first kappa shape index (κ1) is 25.1. The number of fused-ring (bicyclic) bond motifs is 1. The van der Waals surface area contributed by atoms with Crippen LogP contribution in [-0.4, -0.2) is 29.8 Å². The Hall–Kier alpha value is -2.99. The van der Waals surface area contributed by atoms with Crippen molar-refractivity contribution < 1.29 is 14.3 Å². The third-order valence-electron chi connectivity index (χ3n) is 6.70. The van der Waals surface area contributed by atoms with Crippen LogP contribution in [0.25, 0.3) is 22.0 Å². The highest BCUT2D eigenvalue weighted by Gasteiger charge is 2.31. The molecular weight excluding hydrogens is 464 g/mol. The Kier molecular flexibility index (Phi) is 6.87. The number of carbonyl (C=O) groups excluding carboxylic acids is 1. The van der Waals surface area contributed by atoms with Crippen molar-refractivity contribution in [2.75, 3.05) is 7.11 Å². The molecule has 4 rings (SSSR count). The predicted octanol–water partition coefficient (Wildman–Crippen LogP) is 6.63. The van der Waals surface area contributed by atoms with E-state index in [0.29, 0.717) is 0 Å². The first-order valence-corrected chi connectivity index (χ1v) is 12.4. The van der Waals surface area contributed by atoms with E-state index >= 15 is 0 Å². The topological polar surface area (TPSA) is 80.4 Å². The molecule has 6 nitrogen and oxygen atoms in total. The molecule has 0 saturated heterocycles. The number of aromatic amines is 1. The Morgan fingerprint density at radius 2 is 1.83 bits per heavy atom. The number of nitrogens with one attached hydrogen (secondary N) is 2.